The highest BCUT2D eigenvalue weighted by Crippen LogP contribution is 2.20. The number of rotatable bonds is 5. The summed E-state index contributed by atoms with van der Waals surface area (Å²) in [6.07, 6.45) is 3.43. The molecule has 0 rings (SSSR count). The summed E-state index contributed by atoms with van der Waals surface area (Å²) in [6, 6.07) is 0. The average molecular weight is 155 g/mol. The highest BCUT2D eigenvalue weighted by molar-refractivity contribution is 5.48. The van der Waals surface area contributed by atoms with Crippen LogP contribution in [-0.2, 0) is 4.79 Å². The maximum Gasteiger partial charge on any atom is 0.213 e. The van der Waals surface area contributed by atoms with Crippen molar-refractivity contribution in [1.29, 1.82) is 0 Å². The van der Waals surface area contributed by atoms with Crippen LogP contribution in [0.25, 0.3) is 0 Å². The Hall–Kier alpha value is -0.790. The lowest BCUT2D eigenvalue weighted by molar-refractivity contribution is -0.116. The molecule has 0 spiro atoms. The van der Waals surface area contributed by atoms with E-state index in [1.54, 1.807) is 11.1 Å². The topological polar surface area (TPSA) is 20.3 Å². The lowest BCUT2D eigenvalue weighted by atomic mass is 9.90. The van der Waals surface area contributed by atoms with Crippen molar-refractivity contribution in [3.63, 3.8) is 0 Å². The van der Waals surface area contributed by atoms with E-state index >= 15 is 0 Å². The summed E-state index contributed by atoms with van der Waals surface area (Å²) in [5.41, 5.74) is 0.190. The minimum Gasteiger partial charge on any atom is -0.322 e. The van der Waals surface area contributed by atoms with Gasteiger partial charge in [-0.3, -0.25) is 4.79 Å². The van der Waals surface area contributed by atoms with E-state index in [4.69, 9.17) is 0 Å². The molecule has 0 saturated carbocycles. The van der Waals surface area contributed by atoms with Gasteiger partial charge < -0.3 is 4.90 Å². The number of hydrogen-bond acceptors (Lipinski definition) is 1. The molecule has 2 heteroatoms. The Morgan fingerprint density at radius 2 is 2.09 bits per heavy atom. The normalized spacial score (nSPS) is 10.8. The van der Waals surface area contributed by atoms with E-state index in [1.807, 2.05) is 0 Å². The molecule has 0 saturated heterocycles. The lowest BCUT2D eigenvalue weighted by Gasteiger charge is -2.26. The fourth-order valence-electron chi connectivity index (χ4n) is 0.751. The van der Waals surface area contributed by atoms with E-state index in [0.717, 1.165) is 19.4 Å². The molecule has 0 aromatic rings. The summed E-state index contributed by atoms with van der Waals surface area (Å²) < 4.78 is 0. The lowest BCUT2D eigenvalue weighted by Crippen LogP contribution is -2.28. The second-order valence-corrected chi connectivity index (χ2v) is 3.48. The Balaban J connectivity index is 3.98. The minimum absolute atomic E-state index is 0.190. The van der Waals surface area contributed by atoms with E-state index in [9.17, 15) is 4.79 Å². The van der Waals surface area contributed by atoms with Gasteiger partial charge in [0.2, 0.25) is 6.41 Å². The van der Waals surface area contributed by atoms with Crippen molar-refractivity contribution < 1.29 is 4.79 Å². The molecule has 0 atom stereocenters. The zero-order valence-electron chi connectivity index (χ0n) is 7.63. The summed E-state index contributed by atoms with van der Waals surface area (Å²) in [4.78, 5) is 12.0. The molecule has 0 fully saturated rings. The van der Waals surface area contributed by atoms with Gasteiger partial charge in [-0.25, -0.2) is 0 Å². The van der Waals surface area contributed by atoms with Crippen molar-refractivity contribution >= 4 is 6.41 Å². The Bertz CT molecular complexity index is 132. The smallest absolute Gasteiger partial charge is 0.213 e. The van der Waals surface area contributed by atoms with Gasteiger partial charge in [-0.1, -0.05) is 27.4 Å². The van der Waals surface area contributed by atoms with Crippen molar-refractivity contribution in [2.45, 2.75) is 27.2 Å². The number of nitrogens with zero attached hydrogens (tertiary/aromatic N) is 1. The summed E-state index contributed by atoms with van der Waals surface area (Å²) in [6.45, 7) is 10.7. The molecule has 0 heterocycles. The van der Waals surface area contributed by atoms with Crippen LogP contribution in [0, 0.1) is 5.41 Å². The summed E-state index contributed by atoms with van der Waals surface area (Å²) >= 11 is 0. The molecule has 1 amide bonds. The molecule has 0 radical (unpaired) electrons. The van der Waals surface area contributed by atoms with Crippen LogP contribution in [0.5, 0.6) is 0 Å². The quantitative estimate of drug-likeness (QED) is 0.556. The van der Waals surface area contributed by atoms with Crippen LogP contribution in [0.4, 0.5) is 0 Å². The fraction of sp³-hybridized carbons (Fsp3) is 0.667. The first-order valence-corrected chi connectivity index (χ1v) is 3.89. The number of carbonyl (C=O) groups is 1. The molecule has 11 heavy (non-hydrogen) atoms. The van der Waals surface area contributed by atoms with E-state index in [1.165, 1.54) is 0 Å². The number of amides is 1. The van der Waals surface area contributed by atoms with Crippen LogP contribution >= 0.6 is 0 Å². The van der Waals surface area contributed by atoms with Gasteiger partial charge >= 0.3 is 0 Å². The van der Waals surface area contributed by atoms with Crippen molar-refractivity contribution in [3.8, 4) is 0 Å². The molecule has 0 aromatic carbocycles. The molecule has 2 nitrogen and oxygen atoms in total. The van der Waals surface area contributed by atoms with Crippen LogP contribution in [0.1, 0.15) is 27.2 Å². The molecular formula is C9H17NO. The predicted molar refractivity (Wildman–Crippen MR) is 47.0 cm³/mol. The summed E-state index contributed by atoms with van der Waals surface area (Å²) in [5.74, 6) is 0. The van der Waals surface area contributed by atoms with Gasteiger partial charge in [0, 0.05) is 6.54 Å². The standard InChI is InChI=1S/C9H17NO/c1-5-9(3,4)7-10(6-2)8-11/h6,8H,2,5,7H2,1,3-4H3. The molecule has 0 aliphatic carbocycles. The van der Waals surface area contributed by atoms with Gasteiger partial charge in [0.05, 0.1) is 0 Å². The van der Waals surface area contributed by atoms with Gasteiger partial charge in [-0.05, 0) is 18.0 Å². The van der Waals surface area contributed by atoms with E-state index in [0.29, 0.717) is 0 Å². The average Bonchev–Trinajstić information content (AvgIpc) is 2.00. The summed E-state index contributed by atoms with van der Waals surface area (Å²) in [7, 11) is 0. The van der Waals surface area contributed by atoms with Gasteiger partial charge in [-0.15, -0.1) is 0 Å². The van der Waals surface area contributed by atoms with Crippen LogP contribution in [0.15, 0.2) is 12.8 Å². The number of hydrogen-bond donors (Lipinski definition) is 0. The van der Waals surface area contributed by atoms with Crippen molar-refractivity contribution in [2.24, 2.45) is 5.41 Å². The monoisotopic (exact) mass is 155 g/mol. The van der Waals surface area contributed by atoms with Gasteiger partial charge in [-0.2, -0.15) is 0 Å². The van der Waals surface area contributed by atoms with E-state index < -0.39 is 0 Å². The molecular weight excluding hydrogens is 138 g/mol. The first-order valence-electron chi connectivity index (χ1n) is 3.89. The predicted octanol–water partition coefficient (Wildman–Crippen LogP) is 2.02. The van der Waals surface area contributed by atoms with Crippen molar-refractivity contribution in [2.75, 3.05) is 6.54 Å². The summed E-state index contributed by atoms with van der Waals surface area (Å²) in [5, 5.41) is 0. The second-order valence-electron chi connectivity index (χ2n) is 3.48. The van der Waals surface area contributed by atoms with Crippen LogP contribution in [0.2, 0.25) is 0 Å². The molecule has 64 valence electrons. The molecule has 0 bridgehead atoms. The van der Waals surface area contributed by atoms with Crippen molar-refractivity contribution in [3.05, 3.63) is 12.8 Å². The van der Waals surface area contributed by atoms with E-state index in [2.05, 4.69) is 27.4 Å². The first-order chi connectivity index (χ1) is 5.05. The Morgan fingerprint density at radius 1 is 1.55 bits per heavy atom. The van der Waals surface area contributed by atoms with Gasteiger partial charge in [0.15, 0.2) is 0 Å². The zero-order chi connectivity index (χ0) is 8.91. The molecule has 0 aromatic heterocycles. The fourth-order valence-corrected chi connectivity index (χ4v) is 0.751. The molecule has 0 aliphatic rings. The Kier molecular flexibility index (Phi) is 3.86. The van der Waals surface area contributed by atoms with Crippen LogP contribution in [0.3, 0.4) is 0 Å². The van der Waals surface area contributed by atoms with Gasteiger partial charge in [0.1, 0.15) is 0 Å². The molecule has 0 unspecified atom stereocenters. The maximum atomic E-state index is 10.4. The first kappa shape index (κ1) is 10.2. The molecule has 0 N–H and O–H groups in total. The third-order valence-corrected chi connectivity index (χ3v) is 1.94. The Morgan fingerprint density at radius 3 is 2.36 bits per heavy atom. The second kappa shape index (κ2) is 4.16. The largest absolute Gasteiger partial charge is 0.322 e. The zero-order valence-corrected chi connectivity index (χ0v) is 7.63. The van der Waals surface area contributed by atoms with Crippen molar-refractivity contribution in [1.82, 2.24) is 4.90 Å². The SMILES string of the molecule is C=CN(C=O)CC(C)(C)CC. The van der Waals surface area contributed by atoms with Crippen LogP contribution in [-0.4, -0.2) is 17.9 Å². The Labute approximate surface area is 68.9 Å². The third kappa shape index (κ3) is 3.81. The number of carbonyl (C=O) groups excluding carboxylic acids is 1. The van der Waals surface area contributed by atoms with E-state index in [-0.39, 0.29) is 5.41 Å². The van der Waals surface area contributed by atoms with Crippen LogP contribution < -0.4 is 0 Å². The third-order valence-electron chi connectivity index (χ3n) is 1.94. The van der Waals surface area contributed by atoms with Gasteiger partial charge in [0.25, 0.3) is 0 Å². The highest BCUT2D eigenvalue weighted by atomic mass is 16.1. The maximum absolute atomic E-state index is 10.4. The minimum atomic E-state index is 0.190. The highest BCUT2D eigenvalue weighted by Gasteiger charge is 2.17. The molecule has 0 aliphatic heterocycles.